The van der Waals surface area contributed by atoms with E-state index in [0.717, 1.165) is 35.2 Å². The average Bonchev–Trinajstić information content (AvgIpc) is 3.40. The summed E-state index contributed by atoms with van der Waals surface area (Å²) in [5, 5.41) is 14.0. The van der Waals surface area contributed by atoms with Crippen LogP contribution in [0, 0.1) is 0 Å². The van der Waals surface area contributed by atoms with E-state index in [4.69, 9.17) is 9.84 Å². The van der Waals surface area contributed by atoms with Crippen LogP contribution in [0.3, 0.4) is 0 Å². The van der Waals surface area contributed by atoms with Gasteiger partial charge in [0.2, 0.25) is 5.91 Å². The zero-order chi connectivity index (χ0) is 22.8. The Bertz CT molecular complexity index is 872. The van der Waals surface area contributed by atoms with Crippen LogP contribution in [-0.4, -0.2) is 58.4 Å². The maximum Gasteiger partial charge on any atom is 0.355 e. The molecule has 7 nitrogen and oxygen atoms in total. The van der Waals surface area contributed by atoms with Gasteiger partial charge in [0, 0.05) is 42.4 Å². The van der Waals surface area contributed by atoms with Crippen molar-refractivity contribution in [1.29, 1.82) is 0 Å². The highest BCUT2D eigenvalue weighted by molar-refractivity contribution is 8.01. The van der Waals surface area contributed by atoms with Crippen LogP contribution < -0.4 is 10.1 Å². The van der Waals surface area contributed by atoms with Crippen molar-refractivity contribution in [3.8, 4) is 5.75 Å². The SMILES string of the molecule is CCCCCCOc1ccc(NC[C@H]2CCC(=O)N2CCSc2nc(C(=O)O)cs2)cc1. The Hall–Kier alpha value is -2.26. The Morgan fingerprint density at radius 2 is 2.12 bits per heavy atom. The summed E-state index contributed by atoms with van der Waals surface area (Å²) >= 11 is 2.82. The van der Waals surface area contributed by atoms with Gasteiger partial charge in [-0.3, -0.25) is 4.79 Å². The molecule has 3 rings (SSSR count). The van der Waals surface area contributed by atoms with Gasteiger partial charge in [0.25, 0.3) is 0 Å². The highest BCUT2D eigenvalue weighted by atomic mass is 32.2. The Labute approximate surface area is 197 Å². The quantitative estimate of drug-likeness (QED) is 0.292. The largest absolute Gasteiger partial charge is 0.494 e. The van der Waals surface area contributed by atoms with Gasteiger partial charge in [-0.15, -0.1) is 11.3 Å². The van der Waals surface area contributed by atoms with E-state index in [9.17, 15) is 9.59 Å². The molecule has 174 valence electrons. The molecule has 9 heteroatoms. The number of amides is 1. The zero-order valence-electron chi connectivity index (χ0n) is 18.4. The number of hydrogen-bond acceptors (Lipinski definition) is 7. The van der Waals surface area contributed by atoms with Crippen LogP contribution >= 0.6 is 23.1 Å². The number of aromatic carboxylic acids is 1. The van der Waals surface area contributed by atoms with Gasteiger partial charge in [-0.2, -0.15) is 0 Å². The molecule has 0 spiro atoms. The van der Waals surface area contributed by atoms with Crippen LogP contribution in [-0.2, 0) is 4.79 Å². The molecule has 0 aliphatic carbocycles. The fourth-order valence-electron chi connectivity index (χ4n) is 3.59. The summed E-state index contributed by atoms with van der Waals surface area (Å²) in [6.07, 6.45) is 6.18. The van der Waals surface area contributed by atoms with Crippen LogP contribution in [0.2, 0.25) is 0 Å². The summed E-state index contributed by atoms with van der Waals surface area (Å²) in [4.78, 5) is 29.3. The lowest BCUT2D eigenvalue weighted by atomic mass is 10.2. The van der Waals surface area contributed by atoms with Gasteiger partial charge in [0.05, 0.1) is 6.61 Å². The number of carbonyl (C=O) groups is 2. The molecule has 32 heavy (non-hydrogen) atoms. The number of anilines is 1. The first-order chi connectivity index (χ1) is 15.6. The molecule has 1 aliphatic heterocycles. The predicted molar refractivity (Wildman–Crippen MR) is 129 cm³/mol. The fourth-order valence-corrected chi connectivity index (χ4v) is 5.40. The minimum Gasteiger partial charge on any atom is -0.494 e. The highest BCUT2D eigenvalue weighted by Crippen LogP contribution is 2.25. The van der Waals surface area contributed by atoms with E-state index >= 15 is 0 Å². The molecule has 0 radical (unpaired) electrons. The number of aromatic nitrogens is 1. The molecule has 1 atom stereocenters. The Morgan fingerprint density at radius 1 is 1.31 bits per heavy atom. The van der Waals surface area contributed by atoms with Gasteiger partial charge in [-0.25, -0.2) is 9.78 Å². The number of thiazole rings is 1. The fraction of sp³-hybridized carbons (Fsp3) is 0.522. The first kappa shape index (κ1) is 24.4. The van der Waals surface area contributed by atoms with Crippen molar-refractivity contribution < 1.29 is 19.4 Å². The number of hydrogen-bond donors (Lipinski definition) is 2. The summed E-state index contributed by atoms with van der Waals surface area (Å²) < 4.78 is 6.51. The summed E-state index contributed by atoms with van der Waals surface area (Å²) in [6, 6.07) is 8.15. The molecule has 2 aromatic rings. The monoisotopic (exact) mass is 477 g/mol. The van der Waals surface area contributed by atoms with E-state index in [2.05, 4.69) is 17.2 Å². The number of likely N-dealkylation sites (tertiary alicyclic amines) is 1. The number of nitrogens with zero attached hydrogens (tertiary/aromatic N) is 2. The molecular formula is C23H31N3O4S2. The molecule has 1 amide bonds. The van der Waals surface area contributed by atoms with E-state index in [1.165, 1.54) is 42.4 Å². The van der Waals surface area contributed by atoms with Crippen molar-refractivity contribution in [3.63, 3.8) is 0 Å². The number of unbranched alkanes of at least 4 members (excludes halogenated alkanes) is 3. The average molecular weight is 478 g/mol. The van der Waals surface area contributed by atoms with E-state index < -0.39 is 5.97 Å². The number of nitrogens with one attached hydrogen (secondary N) is 1. The van der Waals surface area contributed by atoms with Crippen LogP contribution in [0.5, 0.6) is 5.75 Å². The van der Waals surface area contributed by atoms with Crippen molar-refractivity contribution in [1.82, 2.24) is 9.88 Å². The molecule has 0 bridgehead atoms. The topological polar surface area (TPSA) is 91.8 Å². The third kappa shape index (κ3) is 7.41. The third-order valence-electron chi connectivity index (χ3n) is 5.38. The minimum absolute atomic E-state index is 0.0738. The number of carboxylic acids is 1. The summed E-state index contributed by atoms with van der Waals surface area (Å²) in [5.41, 5.74) is 1.09. The summed E-state index contributed by atoms with van der Waals surface area (Å²) in [6.45, 7) is 4.28. The van der Waals surface area contributed by atoms with E-state index in [1.54, 1.807) is 5.38 Å². The summed E-state index contributed by atoms with van der Waals surface area (Å²) in [7, 11) is 0. The molecule has 0 unspecified atom stereocenters. The lowest BCUT2D eigenvalue weighted by Crippen LogP contribution is -2.39. The highest BCUT2D eigenvalue weighted by Gasteiger charge is 2.30. The molecule has 2 heterocycles. The van der Waals surface area contributed by atoms with Crippen LogP contribution in [0.15, 0.2) is 34.0 Å². The second-order valence-corrected chi connectivity index (χ2v) is 9.95. The first-order valence-corrected chi connectivity index (χ1v) is 13.0. The smallest absolute Gasteiger partial charge is 0.355 e. The zero-order valence-corrected chi connectivity index (χ0v) is 20.1. The maximum absolute atomic E-state index is 12.3. The van der Waals surface area contributed by atoms with Gasteiger partial charge in [-0.1, -0.05) is 37.9 Å². The Kier molecular flexibility index (Phi) is 9.67. The van der Waals surface area contributed by atoms with Crippen LogP contribution in [0.1, 0.15) is 55.9 Å². The van der Waals surface area contributed by atoms with Gasteiger partial charge in [-0.05, 0) is 37.1 Å². The van der Waals surface area contributed by atoms with Gasteiger partial charge < -0.3 is 20.1 Å². The van der Waals surface area contributed by atoms with Crippen molar-refractivity contribution in [2.75, 3.05) is 30.8 Å². The first-order valence-electron chi connectivity index (χ1n) is 11.1. The molecule has 1 aromatic carbocycles. The Balaban J connectivity index is 1.40. The molecular weight excluding hydrogens is 446 g/mol. The minimum atomic E-state index is -1.01. The molecule has 1 aliphatic rings. The van der Waals surface area contributed by atoms with Crippen LogP contribution in [0.25, 0.3) is 0 Å². The lowest BCUT2D eigenvalue weighted by molar-refractivity contribution is -0.128. The number of benzene rings is 1. The molecule has 1 fully saturated rings. The van der Waals surface area contributed by atoms with Crippen molar-refractivity contribution in [3.05, 3.63) is 35.3 Å². The molecule has 2 N–H and O–H groups in total. The van der Waals surface area contributed by atoms with Crippen molar-refractivity contribution >= 4 is 40.7 Å². The normalized spacial score (nSPS) is 15.8. The Morgan fingerprint density at radius 3 is 2.84 bits per heavy atom. The number of ether oxygens (including phenoxy) is 1. The number of carboxylic acid groups (broad SMARTS) is 1. The van der Waals surface area contributed by atoms with E-state index in [-0.39, 0.29) is 17.6 Å². The number of carbonyl (C=O) groups excluding carboxylic acids is 1. The maximum atomic E-state index is 12.3. The molecule has 0 saturated carbocycles. The second kappa shape index (κ2) is 12.7. The van der Waals surface area contributed by atoms with Gasteiger partial charge >= 0.3 is 5.97 Å². The van der Waals surface area contributed by atoms with Crippen molar-refractivity contribution in [2.45, 2.75) is 55.8 Å². The van der Waals surface area contributed by atoms with E-state index in [0.29, 0.717) is 25.3 Å². The van der Waals surface area contributed by atoms with Crippen LogP contribution in [0.4, 0.5) is 5.69 Å². The third-order valence-corrected chi connectivity index (χ3v) is 7.38. The van der Waals surface area contributed by atoms with E-state index in [1.807, 2.05) is 29.2 Å². The van der Waals surface area contributed by atoms with Crippen molar-refractivity contribution in [2.24, 2.45) is 0 Å². The molecule has 1 saturated heterocycles. The summed E-state index contributed by atoms with van der Waals surface area (Å²) in [5.74, 6) is 0.740. The number of rotatable bonds is 14. The van der Waals surface area contributed by atoms with Gasteiger partial charge in [0.1, 0.15) is 5.75 Å². The number of thioether (sulfide) groups is 1. The lowest BCUT2D eigenvalue weighted by Gasteiger charge is -2.25. The standard InChI is InChI=1S/C23H31N3O4S2/c1-2-3-4-5-13-30-19-9-6-17(7-10-19)24-15-18-8-11-21(27)26(18)12-14-31-23-25-20(16-32-23)22(28)29/h6-7,9-10,16,18,24H,2-5,8,11-15H2,1H3,(H,28,29)/t18-/m1/s1. The second-order valence-electron chi connectivity index (χ2n) is 7.75. The molecule has 1 aromatic heterocycles. The van der Waals surface area contributed by atoms with Gasteiger partial charge in [0.15, 0.2) is 10.0 Å². The predicted octanol–water partition coefficient (Wildman–Crippen LogP) is 5.00.